The van der Waals surface area contributed by atoms with Crippen LogP contribution in [-0.4, -0.2) is 34.5 Å². The lowest BCUT2D eigenvalue weighted by Gasteiger charge is -2.00. The fourth-order valence-corrected chi connectivity index (χ4v) is 2.23. The summed E-state index contributed by atoms with van der Waals surface area (Å²) in [4.78, 5) is 0. The maximum atomic E-state index is 5.74. The van der Waals surface area contributed by atoms with Gasteiger partial charge in [-0.2, -0.15) is 5.10 Å². The Balaban J connectivity index is 0.000000339. The van der Waals surface area contributed by atoms with Gasteiger partial charge in [-0.05, 0) is 54.6 Å². The highest BCUT2D eigenvalue weighted by Crippen LogP contribution is 2.25. The molecule has 0 radical (unpaired) electrons. The minimum Gasteiger partial charge on any atom is -0.416 e. The third-order valence-electron chi connectivity index (χ3n) is 3.67. The highest BCUT2D eigenvalue weighted by atomic mass is 16.4. The topological polar surface area (TPSA) is 91.7 Å². The van der Waals surface area contributed by atoms with E-state index in [4.69, 9.17) is 4.42 Å². The summed E-state index contributed by atoms with van der Waals surface area (Å²) in [5.74, 6) is 1.04. The molecule has 0 saturated carbocycles. The van der Waals surface area contributed by atoms with E-state index in [0.717, 1.165) is 22.5 Å². The van der Waals surface area contributed by atoms with Gasteiger partial charge in [0.2, 0.25) is 11.8 Å². The number of nitrogens with zero attached hydrogens (tertiary/aromatic N) is 3. The quantitative estimate of drug-likeness (QED) is 0.518. The minimum atomic E-state index is 0.519. The lowest BCUT2D eigenvalue weighted by Crippen LogP contribution is -1.86. The van der Waals surface area contributed by atoms with E-state index in [1.54, 1.807) is 12.4 Å². The number of nitrogens with one attached hydrogen (secondary N) is 3. The van der Waals surface area contributed by atoms with Gasteiger partial charge in [-0.3, -0.25) is 5.10 Å². The molecule has 0 bridgehead atoms. The average Bonchev–Trinajstić information content (AvgIpc) is 3.43. The Morgan fingerprint density at radius 3 is 1.58 bits per heavy atom. The summed E-state index contributed by atoms with van der Waals surface area (Å²) < 4.78 is 5.74. The zero-order chi connectivity index (χ0) is 18.2. The van der Waals surface area contributed by atoms with Gasteiger partial charge >= 0.3 is 0 Å². The Morgan fingerprint density at radius 1 is 0.769 bits per heavy atom. The lowest BCUT2D eigenvalue weighted by molar-refractivity contribution is 0.584. The van der Waals surface area contributed by atoms with Crippen molar-refractivity contribution in [2.24, 2.45) is 0 Å². The van der Waals surface area contributed by atoms with Gasteiger partial charge in [0.05, 0.1) is 0 Å². The number of benzene rings is 2. The van der Waals surface area contributed by atoms with Gasteiger partial charge in [-0.1, -0.05) is 0 Å². The van der Waals surface area contributed by atoms with E-state index in [-0.39, 0.29) is 0 Å². The standard InChI is InChI=1S/C16H16N4O.C3H4N2/c1-17-13-7-3-11(4-8-13)15-19-20-16(21-15)12-5-9-14(18-2)10-6-12;1-2-4-5-3-1/h3-10,17-18H,1-2H3;1-3H,(H,4,5). The van der Waals surface area contributed by atoms with Gasteiger partial charge in [0.15, 0.2) is 0 Å². The van der Waals surface area contributed by atoms with Crippen LogP contribution in [0.25, 0.3) is 22.9 Å². The molecule has 26 heavy (non-hydrogen) atoms. The van der Waals surface area contributed by atoms with E-state index in [0.29, 0.717) is 11.8 Å². The molecule has 2 heterocycles. The summed E-state index contributed by atoms with van der Waals surface area (Å²) in [5, 5.41) is 20.6. The largest absolute Gasteiger partial charge is 0.416 e. The molecule has 0 spiro atoms. The summed E-state index contributed by atoms with van der Waals surface area (Å²) in [7, 11) is 3.77. The normalized spacial score (nSPS) is 9.92. The van der Waals surface area contributed by atoms with Crippen LogP contribution in [0.1, 0.15) is 0 Å². The molecular weight excluding hydrogens is 328 g/mol. The van der Waals surface area contributed by atoms with Gasteiger partial charge in [0, 0.05) is 49.0 Å². The lowest BCUT2D eigenvalue weighted by atomic mass is 10.2. The van der Waals surface area contributed by atoms with Crippen molar-refractivity contribution >= 4 is 11.4 Å². The molecule has 0 aliphatic carbocycles. The molecule has 0 unspecified atom stereocenters. The number of rotatable bonds is 4. The molecule has 7 nitrogen and oxygen atoms in total. The zero-order valence-electron chi connectivity index (χ0n) is 14.6. The molecule has 132 valence electrons. The van der Waals surface area contributed by atoms with E-state index in [1.165, 1.54) is 0 Å². The SMILES string of the molecule is CNc1ccc(-c2nnc(-c3ccc(NC)cc3)o2)cc1.c1cn[nH]c1. The van der Waals surface area contributed by atoms with Crippen molar-refractivity contribution in [1.82, 2.24) is 20.4 Å². The van der Waals surface area contributed by atoms with Crippen LogP contribution in [0.15, 0.2) is 71.4 Å². The average molecular weight is 348 g/mol. The first-order valence-electron chi connectivity index (χ1n) is 8.14. The fraction of sp³-hybridized carbons (Fsp3) is 0.105. The molecule has 3 N–H and O–H groups in total. The van der Waals surface area contributed by atoms with E-state index in [9.17, 15) is 0 Å². The van der Waals surface area contributed by atoms with Crippen LogP contribution in [0.5, 0.6) is 0 Å². The molecule has 0 saturated heterocycles. The van der Waals surface area contributed by atoms with Crippen molar-refractivity contribution < 1.29 is 4.42 Å². The number of anilines is 2. The summed E-state index contributed by atoms with van der Waals surface area (Å²) in [6.45, 7) is 0. The van der Waals surface area contributed by atoms with Gasteiger partial charge in [-0.25, -0.2) is 0 Å². The number of hydrogen-bond acceptors (Lipinski definition) is 6. The van der Waals surface area contributed by atoms with Crippen molar-refractivity contribution in [1.29, 1.82) is 0 Å². The maximum absolute atomic E-state index is 5.74. The molecule has 2 aromatic carbocycles. The number of aromatic nitrogens is 4. The van der Waals surface area contributed by atoms with Crippen LogP contribution < -0.4 is 10.6 Å². The summed E-state index contributed by atoms with van der Waals surface area (Å²) in [5.41, 5.74) is 3.89. The van der Waals surface area contributed by atoms with E-state index >= 15 is 0 Å². The van der Waals surface area contributed by atoms with E-state index in [1.807, 2.05) is 68.7 Å². The molecule has 0 aliphatic heterocycles. The van der Waals surface area contributed by atoms with E-state index in [2.05, 4.69) is 31.0 Å². The van der Waals surface area contributed by atoms with Crippen LogP contribution in [-0.2, 0) is 0 Å². The van der Waals surface area contributed by atoms with Crippen LogP contribution >= 0.6 is 0 Å². The Hall–Kier alpha value is -3.61. The summed E-state index contributed by atoms with van der Waals surface area (Å²) in [6.07, 6.45) is 3.46. The highest BCUT2D eigenvalue weighted by molar-refractivity contribution is 5.62. The monoisotopic (exact) mass is 348 g/mol. The second kappa shape index (κ2) is 8.48. The van der Waals surface area contributed by atoms with Crippen LogP contribution in [0, 0.1) is 0 Å². The Bertz CT molecular complexity index is 819. The van der Waals surface area contributed by atoms with E-state index < -0.39 is 0 Å². The molecule has 2 aromatic heterocycles. The minimum absolute atomic E-state index is 0.519. The molecule has 0 amide bonds. The smallest absolute Gasteiger partial charge is 0.248 e. The Labute approximate surface area is 151 Å². The molecular formula is C19H20N6O. The fourth-order valence-electron chi connectivity index (χ4n) is 2.23. The molecule has 0 aliphatic rings. The predicted octanol–water partition coefficient (Wildman–Crippen LogP) is 3.90. The molecule has 4 rings (SSSR count). The first-order valence-corrected chi connectivity index (χ1v) is 8.14. The van der Waals surface area contributed by atoms with Gasteiger partial charge in [-0.15, -0.1) is 10.2 Å². The third-order valence-corrected chi connectivity index (χ3v) is 3.67. The predicted molar refractivity (Wildman–Crippen MR) is 103 cm³/mol. The molecule has 4 aromatic rings. The van der Waals surface area contributed by atoms with Gasteiger partial charge in [0.25, 0.3) is 0 Å². The van der Waals surface area contributed by atoms with Crippen molar-refractivity contribution in [2.45, 2.75) is 0 Å². The second-order valence-corrected chi connectivity index (χ2v) is 5.33. The zero-order valence-corrected chi connectivity index (χ0v) is 14.6. The Kier molecular flexibility index (Phi) is 5.61. The van der Waals surface area contributed by atoms with Crippen molar-refractivity contribution in [3.63, 3.8) is 0 Å². The van der Waals surface area contributed by atoms with Gasteiger partial charge in [0.1, 0.15) is 0 Å². The Morgan fingerprint density at radius 2 is 1.27 bits per heavy atom. The maximum Gasteiger partial charge on any atom is 0.248 e. The van der Waals surface area contributed by atoms with Crippen molar-refractivity contribution in [3.05, 3.63) is 67.0 Å². The van der Waals surface area contributed by atoms with Gasteiger partial charge < -0.3 is 15.1 Å². The number of H-pyrrole nitrogens is 1. The van der Waals surface area contributed by atoms with Crippen LogP contribution in [0.2, 0.25) is 0 Å². The molecule has 0 fully saturated rings. The first kappa shape index (κ1) is 17.2. The van der Waals surface area contributed by atoms with Crippen LogP contribution in [0.4, 0.5) is 11.4 Å². The number of aromatic amines is 1. The summed E-state index contributed by atoms with van der Waals surface area (Å²) >= 11 is 0. The van der Waals surface area contributed by atoms with Crippen LogP contribution in [0.3, 0.4) is 0 Å². The number of hydrogen-bond donors (Lipinski definition) is 3. The highest BCUT2D eigenvalue weighted by Gasteiger charge is 2.10. The second-order valence-electron chi connectivity index (χ2n) is 5.33. The summed E-state index contributed by atoms with van der Waals surface area (Å²) in [6, 6.07) is 17.5. The first-order chi connectivity index (χ1) is 12.8. The van der Waals surface area contributed by atoms with Crippen molar-refractivity contribution in [3.8, 4) is 22.9 Å². The molecule has 0 atom stereocenters. The third kappa shape index (κ3) is 4.27. The van der Waals surface area contributed by atoms with Crippen molar-refractivity contribution in [2.75, 3.05) is 24.7 Å². The molecule has 7 heteroatoms.